The summed E-state index contributed by atoms with van der Waals surface area (Å²) >= 11 is -1.59. The molecule has 0 saturated heterocycles. The predicted octanol–water partition coefficient (Wildman–Crippen LogP) is 4.72. The van der Waals surface area contributed by atoms with Gasteiger partial charge in [-0.3, -0.25) is 8.37 Å². The average molecular weight is 461 g/mol. The second-order valence-corrected chi connectivity index (χ2v) is 9.71. The molecule has 0 bridgehead atoms. The van der Waals surface area contributed by atoms with Crippen molar-refractivity contribution in [3.8, 4) is 5.75 Å². The van der Waals surface area contributed by atoms with E-state index in [4.69, 9.17) is 8.92 Å². The molecule has 29 heavy (non-hydrogen) atoms. The van der Waals surface area contributed by atoms with Gasteiger partial charge < -0.3 is 4.74 Å². The van der Waals surface area contributed by atoms with Crippen molar-refractivity contribution in [2.45, 2.75) is 68.9 Å². The lowest BCUT2D eigenvalue weighted by atomic mass is 10.1. The number of benzene rings is 1. The number of unbranched alkanes of at least 4 members (excludes halogenated alkanes) is 3. The van der Waals surface area contributed by atoms with Gasteiger partial charge in [0.1, 0.15) is 11.4 Å². The molecule has 0 N–H and O–H groups in total. The average Bonchev–Trinajstić information content (AvgIpc) is 2.60. The standard InChI is InChI=1S/C18H27F3O6S2/c1-4-5-6-7-13-25-28(22)16-10-8-15(9-11-16)27-17(2,3)12-14-26-29(23,24)18(19,20)21/h8-11H,4-7,12-14H2,1-3H3. The summed E-state index contributed by atoms with van der Waals surface area (Å²) in [7, 11) is -5.62. The zero-order valence-corrected chi connectivity index (χ0v) is 18.3. The Morgan fingerprint density at radius 1 is 1.00 bits per heavy atom. The molecule has 6 nitrogen and oxygen atoms in total. The minimum absolute atomic E-state index is 0.100. The first-order valence-electron chi connectivity index (χ1n) is 9.18. The highest BCUT2D eigenvalue weighted by molar-refractivity contribution is 7.87. The minimum atomic E-state index is -5.62. The third-order valence-electron chi connectivity index (χ3n) is 3.82. The van der Waals surface area contributed by atoms with Crippen LogP contribution in [0.5, 0.6) is 5.75 Å². The summed E-state index contributed by atoms with van der Waals surface area (Å²) in [6.45, 7) is 4.99. The van der Waals surface area contributed by atoms with Crippen LogP contribution in [0, 0.1) is 0 Å². The number of hydrogen-bond acceptors (Lipinski definition) is 6. The van der Waals surface area contributed by atoms with Crippen molar-refractivity contribution < 1.29 is 38.9 Å². The van der Waals surface area contributed by atoms with E-state index in [1.807, 2.05) is 0 Å². The maximum atomic E-state index is 12.3. The topological polar surface area (TPSA) is 78.9 Å². The van der Waals surface area contributed by atoms with Crippen molar-refractivity contribution in [3.63, 3.8) is 0 Å². The molecule has 1 aromatic rings. The van der Waals surface area contributed by atoms with Gasteiger partial charge in [-0.15, -0.1) is 0 Å². The fourth-order valence-electron chi connectivity index (χ4n) is 2.18. The maximum Gasteiger partial charge on any atom is 0.523 e. The van der Waals surface area contributed by atoms with Gasteiger partial charge >= 0.3 is 15.6 Å². The number of rotatable bonds is 13. The van der Waals surface area contributed by atoms with Gasteiger partial charge in [0.15, 0.2) is 11.1 Å². The van der Waals surface area contributed by atoms with Gasteiger partial charge in [-0.1, -0.05) is 26.2 Å². The lowest BCUT2D eigenvalue weighted by Gasteiger charge is -2.26. The van der Waals surface area contributed by atoms with Gasteiger partial charge in [0.25, 0.3) is 0 Å². The molecule has 168 valence electrons. The molecule has 1 aromatic carbocycles. The quantitative estimate of drug-likeness (QED) is 0.241. The monoisotopic (exact) mass is 460 g/mol. The van der Waals surface area contributed by atoms with Crippen LogP contribution in [-0.4, -0.2) is 36.9 Å². The maximum absolute atomic E-state index is 12.3. The first-order chi connectivity index (χ1) is 13.4. The normalized spacial score (nSPS) is 14.0. The molecule has 11 heteroatoms. The first kappa shape index (κ1) is 25.9. The van der Waals surface area contributed by atoms with Crippen LogP contribution in [0.25, 0.3) is 0 Å². The van der Waals surface area contributed by atoms with E-state index >= 15 is 0 Å². The summed E-state index contributed by atoms with van der Waals surface area (Å²) in [6.07, 6.45) is 3.96. The molecule has 0 amide bonds. The van der Waals surface area contributed by atoms with Gasteiger partial charge in [-0.05, 0) is 44.5 Å². The molecular formula is C18H27F3O6S2. The van der Waals surface area contributed by atoms with Gasteiger partial charge in [-0.2, -0.15) is 21.6 Å². The number of halogens is 3. The van der Waals surface area contributed by atoms with Crippen LogP contribution in [0.1, 0.15) is 52.9 Å². The van der Waals surface area contributed by atoms with Crippen molar-refractivity contribution >= 4 is 21.2 Å². The number of ether oxygens (including phenoxy) is 1. The molecule has 0 fully saturated rings. The molecule has 1 unspecified atom stereocenters. The molecule has 0 radical (unpaired) electrons. The Labute approximate surface area is 172 Å². The van der Waals surface area contributed by atoms with Crippen LogP contribution < -0.4 is 4.74 Å². The van der Waals surface area contributed by atoms with E-state index in [2.05, 4.69) is 11.1 Å². The third-order valence-corrected chi connectivity index (χ3v) is 5.91. The Morgan fingerprint density at radius 2 is 1.62 bits per heavy atom. The van der Waals surface area contributed by atoms with Crippen molar-refractivity contribution in [3.05, 3.63) is 24.3 Å². The molecule has 0 heterocycles. The van der Waals surface area contributed by atoms with Crippen molar-refractivity contribution in [2.24, 2.45) is 0 Å². The van der Waals surface area contributed by atoms with E-state index in [9.17, 15) is 25.8 Å². The minimum Gasteiger partial charge on any atom is -0.488 e. The van der Waals surface area contributed by atoms with Crippen molar-refractivity contribution in [2.75, 3.05) is 13.2 Å². The summed E-state index contributed by atoms with van der Waals surface area (Å²) in [5.74, 6) is 0.386. The first-order valence-corrected chi connectivity index (χ1v) is 11.7. The molecule has 0 aliphatic rings. The van der Waals surface area contributed by atoms with E-state index in [0.29, 0.717) is 17.3 Å². The van der Waals surface area contributed by atoms with E-state index in [-0.39, 0.29) is 6.42 Å². The van der Waals surface area contributed by atoms with E-state index in [0.717, 1.165) is 25.7 Å². The van der Waals surface area contributed by atoms with Crippen LogP contribution in [-0.2, 0) is 29.6 Å². The fraction of sp³-hybridized carbons (Fsp3) is 0.667. The van der Waals surface area contributed by atoms with Crippen LogP contribution >= 0.6 is 0 Å². The Kier molecular flexibility index (Phi) is 10.1. The Morgan fingerprint density at radius 3 is 2.17 bits per heavy atom. The van der Waals surface area contributed by atoms with Crippen LogP contribution in [0.15, 0.2) is 29.2 Å². The van der Waals surface area contributed by atoms with Crippen molar-refractivity contribution in [1.29, 1.82) is 0 Å². The highest BCUT2D eigenvalue weighted by Gasteiger charge is 2.47. The van der Waals surface area contributed by atoms with Gasteiger partial charge in [0.05, 0.1) is 18.1 Å². The fourth-order valence-corrected chi connectivity index (χ4v) is 3.38. The second-order valence-electron chi connectivity index (χ2n) is 6.92. The molecular weight excluding hydrogens is 433 g/mol. The highest BCUT2D eigenvalue weighted by Crippen LogP contribution is 2.27. The zero-order valence-electron chi connectivity index (χ0n) is 16.7. The highest BCUT2D eigenvalue weighted by atomic mass is 32.2. The van der Waals surface area contributed by atoms with E-state index in [1.54, 1.807) is 38.1 Å². The van der Waals surface area contributed by atoms with Crippen LogP contribution in [0.2, 0.25) is 0 Å². The van der Waals surface area contributed by atoms with Crippen LogP contribution in [0.4, 0.5) is 13.2 Å². The Hall–Kier alpha value is -1.17. The van der Waals surface area contributed by atoms with Gasteiger partial charge in [0, 0.05) is 6.42 Å². The van der Waals surface area contributed by atoms with E-state index < -0.39 is 38.9 Å². The Balaban J connectivity index is 2.51. The lowest BCUT2D eigenvalue weighted by molar-refractivity contribution is -0.0553. The lowest BCUT2D eigenvalue weighted by Crippen LogP contribution is -2.32. The van der Waals surface area contributed by atoms with Crippen LogP contribution in [0.3, 0.4) is 0 Å². The summed E-state index contributed by atoms with van der Waals surface area (Å²) < 4.78 is 85.6. The zero-order chi connectivity index (χ0) is 22.1. The molecule has 0 aromatic heterocycles. The molecule has 0 spiro atoms. The molecule has 1 rings (SSSR count). The number of alkyl halides is 3. The molecule has 0 saturated carbocycles. The smallest absolute Gasteiger partial charge is 0.488 e. The van der Waals surface area contributed by atoms with Gasteiger partial charge in [-0.25, -0.2) is 4.21 Å². The predicted molar refractivity (Wildman–Crippen MR) is 103 cm³/mol. The SMILES string of the molecule is CCCCCCOS(=O)c1ccc(OC(C)(C)CCOS(=O)(=O)C(F)(F)F)cc1. The summed E-state index contributed by atoms with van der Waals surface area (Å²) in [6, 6.07) is 6.25. The van der Waals surface area contributed by atoms with Crippen molar-refractivity contribution in [1.82, 2.24) is 0 Å². The Bertz CT molecular complexity index is 746. The molecule has 1 atom stereocenters. The van der Waals surface area contributed by atoms with E-state index in [1.165, 1.54) is 0 Å². The third kappa shape index (κ3) is 9.45. The second kappa shape index (κ2) is 11.3. The molecule has 0 aliphatic carbocycles. The van der Waals surface area contributed by atoms with Gasteiger partial charge in [0.2, 0.25) is 0 Å². The summed E-state index contributed by atoms with van der Waals surface area (Å²) in [5, 5.41) is 0. The number of hydrogen-bond donors (Lipinski definition) is 0. The summed E-state index contributed by atoms with van der Waals surface area (Å²) in [5.41, 5.74) is -6.45. The largest absolute Gasteiger partial charge is 0.523 e. The summed E-state index contributed by atoms with van der Waals surface area (Å²) in [4.78, 5) is 0.463. The molecule has 0 aliphatic heterocycles.